The van der Waals surface area contributed by atoms with Crippen LogP contribution in [-0.2, 0) is 23.0 Å². The molecule has 1 heterocycles. The molecule has 0 saturated carbocycles. The average Bonchev–Trinajstić information content (AvgIpc) is 2.66. The van der Waals surface area contributed by atoms with Gasteiger partial charge in [-0.1, -0.05) is 24.8 Å². The fourth-order valence-electron chi connectivity index (χ4n) is 3.16. The maximum atomic E-state index is 13.0. The predicted octanol–water partition coefficient (Wildman–Crippen LogP) is 4.18. The van der Waals surface area contributed by atoms with Crippen LogP contribution in [0.3, 0.4) is 0 Å². The van der Waals surface area contributed by atoms with Gasteiger partial charge in [0.2, 0.25) is 10.0 Å². The molecule has 0 aliphatic carbocycles. The molecular weight excluding hydrogens is 374 g/mol. The zero-order valence-electron chi connectivity index (χ0n) is 16.6. The molecule has 0 saturated heterocycles. The van der Waals surface area contributed by atoms with Gasteiger partial charge in [0.15, 0.2) is 0 Å². The van der Waals surface area contributed by atoms with E-state index >= 15 is 0 Å². The smallest absolute Gasteiger partial charge is 0.243 e. The van der Waals surface area contributed by atoms with Crippen LogP contribution in [0, 0.1) is 0 Å². The number of sulfonamides is 1. The van der Waals surface area contributed by atoms with E-state index in [4.69, 9.17) is 9.47 Å². The number of aryl methyl sites for hydroxylation is 1. The molecule has 1 aliphatic rings. The van der Waals surface area contributed by atoms with Gasteiger partial charge in [0.1, 0.15) is 23.7 Å². The van der Waals surface area contributed by atoms with E-state index in [1.54, 1.807) is 31.3 Å². The third-order valence-corrected chi connectivity index (χ3v) is 6.62. The van der Waals surface area contributed by atoms with E-state index in [0.717, 1.165) is 35.5 Å². The van der Waals surface area contributed by atoms with E-state index in [1.807, 2.05) is 38.1 Å². The molecular formula is C22H27NO4S. The Balaban J connectivity index is 1.74. The highest BCUT2D eigenvalue weighted by Crippen LogP contribution is 2.34. The van der Waals surface area contributed by atoms with Crippen LogP contribution in [0.15, 0.2) is 60.0 Å². The van der Waals surface area contributed by atoms with Gasteiger partial charge >= 0.3 is 0 Å². The summed E-state index contributed by atoms with van der Waals surface area (Å²) in [5.41, 5.74) is 1.61. The van der Waals surface area contributed by atoms with Crippen LogP contribution in [0.5, 0.6) is 11.5 Å². The summed E-state index contributed by atoms with van der Waals surface area (Å²) in [4.78, 5) is 0.294. The van der Waals surface area contributed by atoms with Crippen molar-refractivity contribution in [3.8, 4) is 11.5 Å². The molecule has 0 amide bonds. The molecule has 0 radical (unpaired) electrons. The second-order valence-electron chi connectivity index (χ2n) is 7.64. The van der Waals surface area contributed by atoms with Crippen LogP contribution in [0.4, 0.5) is 0 Å². The molecule has 6 heteroatoms. The normalized spacial score (nSPS) is 15.6. The van der Waals surface area contributed by atoms with Crippen molar-refractivity contribution in [3.05, 3.63) is 66.2 Å². The van der Waals surface area contributed by atoms with Gasteiger partial charge in [-0.3, -0.25) is 0 Å². The van der Waals surface area contributed by atoms with Crippen LogP contribution >= 0.6 is 0 Å². The van der Waals surface area contributed by atoms with Gasteiger partial charge in [-0.2, -0.15) is 4.31 Å². The van der Waals surface area contributed by atoms with E-state index in [1.165, 1.54) is 4.31 Å². The molecule has 0 unspecified atom stereocenters. The minimum atomic E-state index is -3.59. The first-order valence-electron chi connectivity index (χ1n) is 9.32. The van der Waals surface area contributed by atoms with Crippen LogP contribution < -0.4 is 9.47 Å². The highest BCUT2D eigenvalue weighted by molar-refractivity contribution is 7.89. The average molecular weight is 402 g/mol. The van der Waals surface area contributed by atoms with Gasteiger partial charge in [-0.05, 0) is 68.1 Å². The quantitative estimate of drug-likeness (QED) is 0.653. The number of benzene rings is 2. The monoisotopic (exact) mass is 401 g/mol. The highest BCUT2D eigenvalue weighted by Gasteiger charge is 2.28. The van der Waals surface area contributed by atoms with Crippen LogP contribution in [0.2, 0.25) is 0 Å². The lowest BCUT2D eigenvalue weighted by Gasteiger charge is -2.32. The van der Waals surface area contributed by atoms with Crippen LogP contribution in [0.1, 0.15) is 31.4 Å². The summed E-state index contributed by atoms with van der Waals surface area (Å²) in [6.45, 7) is 8.42. The molecule has 1 aliphatic heterocycles. The Hall–Kier alpha value is -2.31. The van der Waals surface area contributed by atoms with Crippen molar-refractivity contribution in [2.24, 2.45) is 0 Å². The Morgan fingerprint density at radius 1 is 1.21 bits per heavy atom. The van der Waals surface area contributed by atoms with Gasteiger partial charge in [-0.25, -0.2) is 8.42 Å². The van der Waals surface area contributed by atoms with Gasteiger partial charge in [0.25, 0.3) is 0 Å². The lowest BCUT2D eigenvalue weighted by Crippen LogP contribution is -2.33. The number of fused-ring (bicyclic) bond motifs is 1. The fraction of sp³-hybridized carbons (Fsp3) is 0.364. The molecule has 0 fully saturated rings. The van der Waals surface area contributed by atoms with Crippen molar-refractivity contribution in [1.29, 1.82) is 0 Å². The minimum Gasteiger partial charge on any atom is -0.490 e. The van der Waals surface area contributed by atoms with E-state index in [-0.39, 0.29) is 12.1 Å². The fourth-order valence-corrected chi connectivity index (χ4v) is 4.37. The van der Waals surface area contributed by atoms with E-state index in [9.17, 15) is 8.42 Å². The molecule has 0 atom stereocenters. The zero-order valence-corrected chi connectivity index (χ0v) is 17.5. The number of nitrogens with zero attached hydrogens (tertiary/aromatic N) is 1. The number of hydrogen-bond donors (Lipinski definition) is 0. The van der Waals surface area contributed by atoms with E-state index < -0.39 is 10.0 Å². The van der Waals surface area contributed by atoms with Crippen molar-refractivity contribution >= 4 is 10.0 Å². The molecule has 28 heavy (non-hydrogen) atoms. The second kappa shape index (κ2) is 7.97. The number of ether oxygens (including phenoxy) is 2. The highest BCUT2D eigenvalue weighted by atomic mass is 32.2. The van der Waals surface area contributed by atoms with E-state index in [2.05, 4.69) is 6.58 Å². The zero-order chi connectivity index (χ0) is 20.4. The molecule has 0 N–H and O–H groups in total. The van der Waals surface area contributed by atoms with Gasteiger partial charge in [0, 0.05) is 13.6 Å². The summed E-state index contributed by atoms with van der Waals surface area (Å²) in [6, 6.07) is 12.5. The lowest BCUT2D eigenvalue weighted by molar-refractivity contribution is 0.0845. The van der Waals surface area contributed by atoms with Crippen LogP contribution in [-0.4, -0.2) is 32.0 Å². The van der Waals surface area contributed by atoms with Gasteiger partial charge in [-0.15, -0.1) is 0 Å². The standard InChI is InChI=1S/C22H27NO4S/c1-5-14-26-19-8-6-17(7-9-19)16-23(4)28(24,25)20-10-11-21-18(15-20)12-13-22(2,3)27-21/h5-11,15H,1,12-14,16H2,2-4H3. The third kappa shape index (κ3) is 4.56. The van der Waals surface area contributed by atoms with E-state index in [0.29, 0.717) is 11.5 Å². The Morgan fingerprint density at radius 3 is 2.61 bits per heavy atom. The third-order valence-electron chi connectivity index (χ3n) is 4.82. The first-order valence-corrected chi connectivity index (χ1v) is 10.8. The lowest BCUT2D eigenvalue weighted by atomic mass is 9.94. The Labute approximate surface area is 167 Å². The summed E-state index contributed by atoms with van der Waals surface area (Å²) in [6.07, 6.45) is 3.35. The Bertz CT molecular complexity index is 949. The largest absolute Gasteiger partial charge is 0.490 e. The minimum absolute atomic E-state index is 0.217. The maximum absolute atomic E-state index is 13.0. The molecule has 3 rings (SSSR count). The summed E-state index contributed by atoms with van der Waals surface area (Å²) in [7, 11) is -2.00. The van der Waals surface area contributed by atoms with Crippen molar-refractivity contribution < 1.29 is 17.9 Å². The van der Waals surface area contributed by atoms with Crippen molar-refractivity contribution in [1.82, 2.24) is 4.31 Å². The van der Waals surface area contributed by atoms with Crippen LogP contribution in [0.25, 0.3) is 0 Å². The van der Waals surface area contributed by atoms with Gasteiger partial charge < -0.3 is 9.47 Å². The molecule has 0 spiro atoms. The summed E-state index contributed by atoms with van der Waals surface area (Å²) in [5.74, 6) is 1.50. The molecule has 150 valence electrons. The first-order chi connectivity index (χ1) is 13.2. The second-order valence-corrected chi connectivity index (χ2v) is 9.68. The van der Waals surface area contributed by atoms with Crippen molar-refractivity contribution in [2.45, 2.75) is 43.7 Å². The molecule has 0 aromatic heterocycles. The summed E-state index contributed by atoms with van der Waals surface area (Å²) < 4.78 is 38.8. The molecule has 5 nitrogen and oxygen atoms in total. The number of rotatable bonds is 7. The molecule has 2 aromatic rings. The summed E-state index contributed by atoms with van der Waals surface area (Å²) in [5, 5.41) is 0. The Morgan fingerprint density at radius 2 is 1.93 bits per heavy atom. The Kier molecular flexibility index (Phi) is 5.82. The van der Waals surface area contributed by atoms with Crippen molar-refractivity contribution in [3.63, 3.8) is 0 Å². The SMILES string of the molecule is C=CCOc1ccc(CN(C)S(=O)(=O)c2ccc3c(c2)CCC(C)(C)O3)cc1. The summed E-state index contributed by atoms with van der Waals surface area (Å²) >= 11 is 0. The first kappa shape index (κ1) is 20.4. The number of hydrogen-bond acceptors (Lipinski definition) is 4. The van der Waals surface area contributed by atoms with Crippen molar-refractivity contribution in [2.75, 3.05) is 13.7 Å². The topological polar surface area (TPSA) is 55.8 Å². The molecule has 2 aromatic carbocycles. The maximum Gasteiger partial charge on any atom is 0.243 e. The van der Waals surface area contributed by atoms with Gasteiger partial charge in [0.05, 0.1) is 4.90 Å². The molecule has 0 bridgehead atoms. The predicted molar refractivity (Wildman–Crippen MR) is 110 cm³/mol.